The molecular weight excluding hydrogens is 719 g/mol. The molecule has 5 heterocycles. The number of aryl methyl sites for hydroxylation is 1. The molecule has 16 heteroatoms. The van der Waals surface area contributed by atoms with Crippen LogP contribution < -0.4 is 14.4 Å². The van der Waals surface area contributed by atoms with Crippen LogP contribution in [-0.2, 0) is 9.47 Å². The van der Waals surface area contributed by atoms with Crippen molar-refractivity contribution in [3.8, 4) is 22.9 Å². The van der Waals surface area contributed by atoms with Crippen LogP contribution in [0.5, 0.6) is 11.8 Å². The summed E-state index contributed by atoms with van der Waals surface area (Å²) in [5, 5.41) is 8.34. The van der Waals surface area contributed by atoms with Crippen LogP contribution in [0, 0.1) is 12.3 Å². The Morgan fingerprint density at radius 3 is 2.35 bits per heavy atom. The number of nitrogens with one attached hydrogen (secondary N) is 1. The van der Waals surface area contributed by atoms with Crippen LogP contribution in [0.4, 0.5) is 28.6 Å². The number of carbonyl (C=O) groups excluding carboxylic acids is 2. The lowest BCUT2D eigenvalue weighted by Crippen LogP contribution is -2.62. The van der Waals surface area contributed by atoms with Gasteiger partial charge in [0.25, 0.3) is 0 Å². The number of hydrogen-bond acceptors (Lipinski definition) is 10. The summed E-state index contributed by atoms with van der Waals surface area (Å²) in [6.45, 7) is 13.0. The van der Waals surface area contributed by atoms with E-state index in [1.807, 2.05) is 45.9 Å². The second kappa shape index (κ2) is 14.4. The first-order valence-electron chi connectivity index (χ1n) is 18.4. The molecular formula is C39H46F3N7O6. The molecule has 13 nitrogen and oxygen atoms in total. The van der Waals surface area contributed by atoms with E-state index >= 15 is 0 Å². The van der Waals surface area contributed by atoms with Crippen molar-refractivity contribution < 1.29 is 41.7 Å². The molecule has 0 radical (unpaired) electrons. The first kappa shape index (κ1) is 38.0. The predicted octanol–water partition coefficient (Wildman–Crippen LogP) is 7.51. The van der Waals surface area contributed by atoms with Crippen LogP contribution in [0.2, 0.25) is 0 Å². The van der Waals surface area contributed by atoms with Gasteiger partial charge in [-0.05, 0) is 69.4 Å². The molecule has 0 bridgehead atoms. The van der Waals surface area contributed by atoms with Crippen molar-refractivity contribution in [2.45, 2.75) is 71.3 Å². The summed E-state index contributed by atoms with van der Waals surface area (Å²) in [4.78, 5) is 40.0. The molecule has 294 valence electrons. The first-order chi connectivity index (χ1) is 26.1. The predicted molar refractivity (Wildman–Crippen MR) is 200 cm³/mol. The highest BCUT2D eigenvalue weighted by Gasteiger charge is 2.48. The number of H-pyrrole nitrogens is 1. The molecule has 3 saturated heterocycles. The number of nitrogens with zero attached hydrogens (tertiary/aromatic N) is 6. The van der Waals surface area contributed by atoms with E-state index in [1.165, 1.54) is 7.11 Å². The molecule has 1 N–H and O–H groups in total. The maximum atomic E-state index is 14.0. The number of fused-ring (bicyclic) bond motifs is 2. The number of aromatic amines is 1. The van der Waals surface area contributed by atoms with Gasteiger partial charge in [0.05, 0.1) is 18.8 Å². The number of piperidine rings is 2. The van der Waals surface area contributed by atoms with Crippen molar-refractivity contribution in [2.24, 2.45) is 5.41 Å². The lowest BCUT2D eigenvalue weighted by molar-refractivity contribution is -0.153. The lowest BCUT2D eigenvalue weighted by atomic mass is 9.72. The van der Waals surface area contributed by atoms with E-state index in [0.717, 1.165) is 18.4 Å². The maximum Gasteiger partial charge on any atom is 0.422 e. The van der Waals surface area contributed by atoms with Gasteiger partial charge in [0.1, 0.15) is 23.0 Å². The number of rotatable bonds is 7. The second-order valence-electron chi connectivity index (χ2n) is 15.7. The fourth-order valence-electron chi connectivity index (χ4n) is 7.85. The van der Waals surface area contributed by atoms with E-state index < -0.39 is 24.5 Å². The molecule has 4 aromatic rings. The number of amides is 2. The minimum absolute atomic E-state index is 0.00791. The number of anilines is 1. The largest absolute Gasteiger partial charge is 0.481 e. The van der Waals surface area contributed by atoms with E-state index in [9.17, 15) is 22.8 Å². The third kappa shape index (κ3) is 7.81. The molecule has 0 saturated carbocycles. The lowest BCUT2D eigenvalue weighted by Gasteiger charge is -2.53. The van der Waals surface area contributed by atoms with Crippen molar-refractivity contribution in [3.63, 3.8) is 0 Å². The number of alkyl halides is 3. The van der Waals surface area contributed by atoms with Crippen molar-refractivity contribution in [3.05, 3.63) is 42.1 Å². The Bertz CT molecular complexity index is 2110. The number of ether oxygens (including phenoxy) is 4. The van der Waals surface area contributed by atoms with Crippen LogP contribution >= 0.6 is 0 Å². The summed E-state index contributed by atoms with van der Waals surface area (Å²) < 4.78 is 64.6. The summed E-state index contributed by atoms with van der Waals surface area (Å²) in [7, 11) is 1.33. The molecule has 1 spiro atoms. The van der Waals surface area contributed by atoms with Gasteiger partial charge >= 0.3 is 24.4 Å². The van der Waals surface area contributed by atoms with Crippen LogP contribution in [0.25, 0.3) is 39.0 Å². The van der Waals surface area contributed by atoms with Crippen molar-refractivity contribution >= 4 is 45.9 Å². The Hall–Kier alpha value is -5.28. The number of halogens is 3. The molecule has 2 amide bonds. The van der Waals surface area contributed by atoms with Gasteiger partial charge in [0.2, 0.25) is 0 Å². The molecule has 7 rings (SSSR count). The van der Waals surface area contributed by atoms with Gasteiger partial charge in [0.15, 0.2) is 12.4 Å². The van der Waals surface area contributed by atoms with Crippen molar-refractivity contribution in [1.82, 2.24) is 30.0 Å². The summed E-state index contributed by atoms with van der Waals surface area (Å²) in [5.74, 6) is 0.422. The molecule has 3 aliphatic heterocycles. The SMILES string of the molecule is C=Cc1cc2c(N3CCC4(CC3)CN(C(=O)OC(C)(C)C)C4)nc(OC3CCN(C(=O)OC)CC3)nc2c(OCC(F)(F)F)c1-c1c(C)ccc2[nH]ncc12. The van der Waals surface area contributed by atoms with Crippen LogP contribution in [0.1, 0.15) is 57.6 Å². The standard InChI is InChI=1S/C39H46F3N7O6/c1-7-24-18-26-31(32(53-22-39(40,41)42)30(24)29-23(2)8-9-28-27(29)19-43-46-28)44-34(54-25-10-14-48(15-11-25)35(50)52-6)45-33(26)47-16-12-38(13-17-47)20-49(21-38)36(51)55-37(3,4)5/h7-9,18-19,25H,1,10-17,20-22H2,2-6H3,(H,43,46). The summed E-state index contributed by atoms with van der Waals surface area (Å²) >= 11 is 0. The summed E-state index contributed by atoms with van der Waals surface area (Å²) in [6.07, 6.45) is -0.0657. The quantitative estimate of drug-likeness (QED) is 0.201. The smallest absolute Gasteiger partial charge is 0.422 e. The van der Waals surface area contributed by atoms with E-state index in [1.54, 1.807) is 22.1 Å². The normalized spacial score (nSPS) is 17.7. The Morgan fingerprint density at radius 1 is 1.00 bits per heavy atom. The van der Waals surface area contributed by atoms with Crippen molar-refractivity contribution in [2.75, 3.05) is 57.9 Å². The monoisotopic (exact) mass is 765 g/mol. The Kier molecular flexibility index (Phi) is 9.96. The molecule has 2 aromatic carbocycles. The van der Waals surface area contributed by atoms with Gasteiger partial charge in [-0.3, -0.25) is 5.10 Å². The number of methoxy groups -OCH3 is 1. The average molecular weight is 766 g/mol. The van der Waals surface area contributed by atoms with Gasteiger partial charge in [-0.25, -0.2) is 9.59 Å². The van der Waals surface area contributed by atoms with Crippen LogP contribution in [-0.4, -0.2) is 113 Å². The number of carbonyl (C=O) groups is 2. The third-order valence-electron chi connectivity index (χ3n) is 10.6. The number of aromatic nitrogens is 4. The minimum Gasteiger partial charge on any atom is -0.481 e. The number of likely N-dealkylation sites (tertiary alicyclic amines) is 2. The van der Waals surface area contributed by atoms with Crippen LogP contribution in [0.3, 0.4) is 0 Å². The zero-order valence-corrected chi connectivity index (χ0v) is 31.7. The Labute approximate surface area is 316 Å². The Morgan fingerprint density at radius 2 is 1.71 bits per heavy atom. The summed E-state index contributed by atoms with van der Waals surface area (Å²) in [6, 6.07) is 5.57. The number of hydrogen-bond donors (Lipinski definition) is 1. The fourth-order valence-corrected chi connectivity index (χ4v) is 7.85. The molecule has 55 heavy (non-hydrogen) atoms. The highest BCUT2D eigenvalue weighted by atomic mass is 19.4. The van der Waals surface area contributed by atoms with E-state index in [0.29, 0.717) is 90.9 Å². The maximum absolute atomic E-state index is 14.0. The molecule has 3 aliphatic rings. The van der Waals surface area contributed by atoms with E-state index in [-0.39, 0.29) is 34.9 Å². The van der Waals surface area contributed by atoms with Crippen molar-refractivity contribution in [1.29, 1.82) is 0 Å². The van der Waals surface area contributed by atoms with Gasteiger partial charge in [-0.2, -0.15) is 28.2 Å². The van der Waals surface area contributed by atoms with E-state index in [2.05, 4.69) is 21.7 Å². The molecule has 2 aromatic heterocycles. The van der Waals surface area contributed by atoms with Gasteiger partial charge in [-0.1, -0.05) is 18.7 Å². The average Bonchev–Trinajstić information content (AvgIpc) is 3.60. The van der Waals surface area contributed by atoms with Gasteiger partial charge < -0.3 is 33.6 Å². The number of benzene rings is 2. The minimum atomic E-state index is -4.65. The molecule has 3 fully saturated rings. The molecule has 0 unspecified atom stereocenters. The van der Waals surface area contributed by atoms with E-state index in [4.69, 9.17) is 28.9 Å². The van der Waals surface area contributed by atoms with Crippen LogP contribution in [0.15, 0.2) is 31.0 Å². The topological polar surface area (TPSA) is 135 Å². The Balaban J connectivity index is 1.31. The second-order valence-corrected chi connectivity index (χ2v) is 15.7. The first-order valence-corrected chi connectivity index (χ1v) is 18.4. The summed E-state index contributed by atoms with van der Waals surface area (Å²) in [5.41, 5.74) is 2.55. The van der Waals surface area contributed by atoms with Gasteiger partial charge in [0, 0.05) is 73.9 Å². The zero-order valence-electron chi connectivity index (χ0n) is 31.7. The highest BCUT2D eigenvalue weighted by molar-refractivity contribution is 6.07. The highest BCUT2D eigenvalue weighted by Crippen LogP contribution is 2.48. The molecule has 0 atom stereocenters. The third-order valence-corrected chi connectivity index (χ3v) is 10.6. The molecule has 0 aliphatic carbocycles. The van der Waals surface area contributed by atoms with Gasteiger partial charge in [-0.15, -0.1) is 0 Å². The fraction of sp³-hybridized carbons (Fsp3) is 0.513. The zero-order chi connectivity index (χ0) is 39.3.